The lowest BCUT2D eigenvalue weighted by atomic mass is 10.0. The van der Waals surface area contributed by atoms with E-state index in [1.54, 1.807) is 0 Å². The van der Waals surface area contributed by atoms with Gasteiger partial charge in [0.1, 0.15) is 5.15 Å². The van der Waals surface area contributed by atoms with Gasteiger partial charge in [-0.2, -0.15) is 0 Å². The van der Waals surface area contributed by atoms with Crippen molar-refractivity contribution in [2.45, 2.75) is 19.8 Å². The Hall–Kier alpha value is -1.58. The van der Waals surface area contributed by atoms with Gasteiger partial charge in [0.2, 0.25) is 0 Å². The van der Waals surface area contributed by atoms with Crippen LogP contribution in [0.3, 0.4) is 0 Å². The van der Waals surface area contributed by atoms with Crippen molar-refractivity contribution in [2.75, 3.05) is 5.32 Å². The van der Waals surface area contributed by atoms with E-state index in [2.05, 4.69) is 24.1 Å². The zero-order valence-corrected chi connectivity index (χ0v) is 12.7. The number of nitrogens with zero attached hydrogens (tertiary/aromatic N) is 1. The van der Waals surface area contributed by atoms with Gasteiger partial charge in [-0.15, -0.1) is 0 Å². The number of amides is 1. The van der Waals surface area contributed by atoms with Gasteiger partial charge in [0.05, 0.1) is 10.6 Å². The van der Waals surface area contributed by atoms with Gasteiger partial charge in [0, 0.05) is 11.9 Å². The number of carbonyl (C=O) groups excluding carboxylic acids is 1. The molecule has 2 aromatic rings. The standard InChI is InChI=1S/C15H14Cl2N2O/c1-9(2)10-3-5-12(6-4-10)19-15(20)11-7-13(16)14(17)18-8-11/h3-9H,1-2H3,(H,19,20). The van der Waals surface area contributed by atoms with E-state index < -0.39 is 0 Å². The zero-order chi connectivity index (χ0) is 14.7. The van der Waals surface area contributed by atoms with E-state index in [0.29, 0.717) is 11.5 Å². The van der Waals surface area contributed by atoms with E-state index in [1.165, 1.54) is 17.8 Å². The fourth-order valence-electron chi connectivity index (χ4n) is 1.70. The lowest BCUT2D eigenvalue weighted by molar-refractivity contribution is 0.102. The van der Waals surface area contributed by atoms with Gasteiger partial charge >= 0.3 is 0 Å². The summed E-state index contributed by atoms with van der Waals surface area (Å²) in [5.41, 5.74) is 2.32. The Labute approximate surface area is 127 Å². The molecule has 2 rings (SSSR count). The molecule has 0 bridgehead atoms. The van der Waals surface area contributed by atoms with Gasteiger partial charge in [-0.05, 0) is 29.7 Å². The molecule has 0 saturated carbocycles. The van der Waals surface area contributed by atoms with Crippen molar-refractivity contribution in [2.24, 2.45) is 0 Å². The molecule has 0 saturated heterocycles. The molecule has 3 nitrogen and oxygen atoms in total. The van der Waals surface area contributed by atoms with Crippen LogP contribution < -0.4 is 5.32 Å². The van der Waals surface area contributed by atoms with Crippen molar-refractivity contribution in [3.8, 4) is 0 Å². The number of hydrogen-bond donors (Lipinski definition) is 1. The second-order valence-corrected chi connectivity index (χ2v) is 5.49. The van der Waals surface area contributed by atoms with E-state index in [4.69, 9.17) is 23.2 Å². The van der Waals surface area contributed by atoms with Crippen LogP contribution >= 0.6 is 23.2 Å². The summed E-state index contributed by atoms with van der Waals surface area (Å²) in [7, 11) is 0. The summed E-state index contributed by atoms with van der Waals surface area (Å²) in [5.74, 6) is 0.187. The predicted octanol–water partition coefficient (Wildman–Crippen LogP) is 4.76. The van der Waals surface area contributed by atoms with Crippen molar-refractivity contribution < 1.29 is 4.79 Å². The summed E-state index contributed by atoms with van der Waals surface area (Å²) in [5, 5.41) is 3.23. The number of carbonyl (C=O) groups is 1. The Morgan fingerprint density at radius 1 is 1.20 bits per heavy atom. The SMILES string of the molecule is CC(C)c1ccc(NC(=O)c2cnc(Cl)c(Cl)c2)cc1. The third-order valence-electron chi connectivity index (χ3n) is 2.89. The molecule has 1 aromatic heterocycles. The van der Waals surface area contributed by atoms with Crippen LogP contribution in [0.15, 0.2) is 36.5 Å². The second kappa shape index (κ2) is 6.25. The normalized spacial score (nSPS) is 10.7. The quantitative estimate of drug-likeness (QED) is 0.830. The summed E-state index contributed by atoms with van der Waals surface area (Å²) in [6.45, 7) is 4.24. The Kier molecular flexibility index (Phi) is 4.63. The molecule has 0 radical (unpaired) electrons. The van der Waals surface area contributed by atoms with Gasteiger partial charge in [-0.1, -0.05) is 49.2 Å². The van der Waals surface area contributed by atoms with E-state index in [-0.39, 0.29) is 16.1 Å². The average molecular weight is 309 g/mol. The number of aromatic nitrogens is 1. The van der Waals surface area contributed by atoms with E-state index in [1.807, 2.05) is 24.3 Å². The summed E-state index contributed by atoms with van der Waals surface area (Å²) >= 11 is 11.6. The first-order chi connectivity index (χ1) is 9.47. The molecule has 0 atom stereocenters. The molecule has 5 heteroatoms. The molecule has 0 aliphatic rings. The number of benzene rings is 1. The first kappa shape index (κ1) is 14.8. The van der Waals surface area contributed by atoms with Crippen LogP contribution in [0.5, 0.6) is 0 Å². The van der Waals surface area contributed by atoms with Crippen molar-refractivity contribution in [1.82, 2.24) is 4.98 Å². The highest BCUT2D eigenvalue weighted by molar-refractivity contribution is 6.41. The van der Waals surface area contributed by atoms with E-state index in [9.17, 15) is 4.79 Å². The topological polar surface area (TPSA) is 42.0 Å². The highest BCUT2D eigenvalue weighted by Crippen LogP contribution is 2.21. The molecule has 0 aliphatic heterocycles. The third-order valence-corrected chi connectivity index (χ3v) is 3.58. The molecular formula is C15H14Cl2N2O. The molecule has 0 spiro atoms. The Morgan fingerprint density at radius 3 is 2.40 bits per heavy atom. The molecule has 1 amide bonds. The lowest BCUT2D eigenvalue weighted by Crippen LogP contribution is -2.12. The fraction of sp³-hybridized carbons (Fsp3) is 0.200. The fourth-order valence-corrected chi connectivity index (χ4v) is 1.97. The van der Waals surface area contributed by atoms with Gasteiger partial charge in [-0.3, -0.25) is 4.79 Å². The predicted molar refractivity (Wildman–Crippen MR) is 82.7 cm³/mol. The summed E-state index contributed by atoms with van der Waals surface area (Å²) < 4.78 is 0. The molecule has 0 fully saturated rings. The molecule has 1 aromatic carbocycles. The number of nitrogens with one attached hydrogen (secondary N) is 1. The summed E-state index contributed by atoms with van der Waals surface area (Å²) in [6.07, 6.45) is 1.39. The molecule has 20 heavy (non-hydrogen) atoms. The second-order valence-electron chi connectivity index (χ2n) is 4.73. The monoisotopic (exact) mass is 308 g/mol. The Balaban J connectivity index is 2.12. The van der Waals surface area contributed by atoms with E-state index in [0.717, 1.165) is 5.69 Å². The van der Waals surface area contributed by atoms with Crippen LogP contribution in [0.25, 0.3) is 0 Å². The number of anilines is 1. The number of hydrogen-bond acceptors (Lipinski definition) is 2. The largest absolute Gasteiger partial charge is 0.322 e. The van der Waals surface area contributed by atoms with Crippen LogP contribution in [0.1, 0.15) is 35.7 Å². The maximum absolute atomic E-state index is 12.0. The van der Waals surface area contributed by atoms with Crippen LogP contribution in [0, 0.1) is 0 Å². The van der Waals surface area contributed by atoms with Crippen LogP contribution in [-0.4, -0.2) is 10.9 Å². The van der Waals surface area contributed by atoms with Crippen LogP contribution in [0.4, 0.5) is 5.69 Å². The number of pyridine rings is 1. The average Bonchev–Trinajstić information content (AvgIpc) is 2.42. The highest BCUT2D eigenvalue weighted by Gasteiger charge is 2.09. The smallest absolute Gasteiger partial charge is 0.257 e. The minimum Gasteiger partial charge on any atom is -0.322 e. The number of halogens is 2. The van der Waals surface area contributed by atoms with Gasteiger partial charge in [-0.25, -0.2) is 4.98 Å². The van der Waals surface area contributed by atoms with Crippen molar-refractivity contribution in [1.29, 1.82) is 0 Å². The first-order valence-electron chi connectivity index (χ1n) is 6.19. The van der Waals surface area contributed by atoms with Gasteiger partial charge < -0.3 is 5.32 Å². The highest BCUT2D eigenvalue weighted by atomic mass is 35.5. The maximum Gasteiger partial charge on any atom is 0.257 e. The molecule has 0 unspecified atom stereocenters. The number of rotatable bonds is 3. The minimum absolute atomic E-state index is 0.185. The van der Waals surface area contributed by atoms with Crippen molar-refractivity contribution in [3.63, 3.8) is 0 Å². The third kappa shape index (κ3) is 3.50. The van der Waals surface area contributed by atoms with E-state index >= 15 is 0 Å². The maximum atomic E-state index is 12.0. The molecular weight excluding hydrogens is 295 g/mol. The zero-order valence-electron chi connectivity index (χ0n) is 11.2. The molecule has 1 N–H and O–H groups in total. The summed E-state index contributed by atoms with van der Waals surface area (Å²) in [4.78, 5) is 15.9. The molecule has 104 valence electrons. The van der Waals surface area contributed by atoms with Crippen LogP contribution in [0.2, 0.25) is 10.2 Å². The van der Waals surface area contributed by atoms with Crippen molar-refractivity contribution >= 4 is 34.8 Å². The Bertz CT molecular complexity index is 624. The lowest BCUT2D eigenvalue weighted by Gasteiger charge is -2.08. The summed E-state index contributed by atoms with van der Waals surface area (Å²) in [6, 6.07) is 9.23. The first-order valence-corrected chi connectivity index (χ1v) is 6.95. The molecule has 0 aliphatic carbocycles. The van der Waals surface area contributed by atoms with Gasteiger partial charge in [0.25, 0.3) is 5.91 Å². The minimum atomic E-state index is -0.270. The van der Waals surface area contributed by atoms with Crippen molar-refractivity contribution in [3.05, 3.63) is 57.8 Å². The Morgan fingerprint density at radius 2 is 1.85 bits per heavy atom. The van der Waals surface area contributed by atoms with Gasteiger partial charge in [0.15, 0.2) is 0 Å². The van der Waals surface area contributed by atoms with Crippen LogP contribution in [-0.2, 0) is 0 Å². The molecule has 1 heterocycles.